The van der Waals surface area contributed by atoms with E-state index >= 15 is 0 Å². The maximum atomic E-state index is 11.7. The fraction of sp³-hybridized carbons (Fsp3) is 0.364. The second-order valence-corrected chi connectivity index (χ2v) is 5.67. The Balaban J connectivity index is 2.41. The van der Waals surface area contributed by atoms with Gasteiger partial charge in [0.25, 0.3) is 0 Å². The van der Waals surface area contributed by atoms with E-state index in [1.165, 1.54) is 0 Å². The summed E-state index contributed by atoms with van der Waals surface area (Å²) in [7, 11) is 0. The van der Waals surface area contributed by atoms with Crippen LogP contribution in [0, 0.1) is 6.92 Å². The summed E-state index contributed by atoms with van der Waals surface area (Å²) in [5.41, 5.74) is 8.14. The van der Waals surface area contributed by atoms with E-state index in [0.29, 0.717) is 29.4 Å². The van der Waals surface area contributed by atoms with Crippen LogP contribution in [-0.2, 0) is 4.79 Å². The minimum atomic E-state index is 0.0773. The summed E-state index contributed by atoms with van der Waals surface area (Å²) in [5, 5.41) is 0.634. The fourth-order valence-corrected chi connectivity index (χ4v) is 2.55. The van der Waals surface area contributed by atoms with Gasteiger partial charge in [0.1, 0.15) is 0 Å². The third-order valence-electron chi connectivity index (χ3n) is 2.68. The van der Waals surface area contributed by atoms with Gasteiger partial charge < -0.3 is 10.6 Å². The van der Waals surface area contributed by atoms with Crippen molar-refractivity contribution >= 4 is 44.8 Å². The number of halogens is 2. The average Bonchev–Trinajstić information content (AvgIpc) is 2.51. The Hall–Kier alpha value is -0.740. The number of anilines is 2. The molecule has 1 amide bonds. The number of amides is 1. The Morgan fingerprint density at radius 2 is 2.25 bits per heavy atom. The lowest BCUT2D eigenvalue weighted by Crippen LogP contribution is -2.25. The Morgan fingerprint density at radius 3 is 2.81 bits per heavy atom. The lowest BCUT2D eigenvalue weighted by Gasteiger charge is -2.19. The Bertz CT molecular complexity index is 450. The molecule has 0 saturated carbocycles. The van der Waals surface area contributed by atoms with Crippen LogP contribution in [0.1, 0.15) is 12.0 Å². The molecular weight excluding hydrogens is 291 g/mol. The lowest BCUT2D eigenvalue weighted by atomic mass is 10.2. The number of carbonyl (C=O) groups is 1. The first-order chi connectivity index (χ1) is 7.49. The van der Waals surface area contributed by atoms with Gasteiger partial charge >= 0.3 is 0 Å². The van der Waals surface area contributed by atoms with Crippen molar-refractivity contribution in [1.29, 1.82) is 0 Å². The molecule has 0 spiro atoms. The first-order valence-corrected chi connectivity index (χ1v) is 6.28. The summed E-state index contributed by atoms with van der Waals surface area (Å²) >= 11 is 9.48. The van der Waals surface area contributed by atoms with Crippen molar-refractivity contribution in [3.05, 3.63) is 22.7 Å². The van der Waals surface area contributed by atoms with E-state index in [2.05, 4.69) is 15.9 Å². The molecule has 0 aromatic heterocycles. The number of nitrogens with zero attached hydrogens (tertiary/aromatic N) is 1. The number of hydrogen-bond donors (Lipinski definition) is 1. The molecule has 3 nitrogen and oxygen atoms in total. The number of hydrogen-bond acceptors (Lipinski definition) is 2. The molecule has 0 bridgehead atoms. The second kappa shape index (κ2) is 4.26. The van der Waals surface area contributed by atoms with Crippen LogP contribution in [0.15, 0.2) is 12.1 Å². The Kier molecular flexibility index (Phi) is 3.13. The molecular formula is C11H12BrClN2O. The van der Waals surface area contributed by atoms with E-state index in [1.807, 2.05) is 6.92 Å². The van der Waals surface area contributed by atoms with Gasteiger partial charge in [-0.15, -0.1) is 0 Å². The van der Waals surface area contributed by atoms with Crippen molar-refractivity contribution in [3.63, 3.8) is 0 Å². The third kappa shape index (κ3) is 2.04. The molecule has 1 saturated heterocycles. The van der Waals surface area contributed by atoms with E-state index in [0.717, 1.165) is 5.56 Å². The summed E-state index contributed by atoms with van der Waals surface area (Å²) in [6.45, 7) is 2.53. The molecule has 5 heteroatoms. The van der Waals surface area contributed by atoms with Gasteiger partial charge in [-0.05, 0) is 24.6 Å². The predicted octanol–water partition coefficient (Wildman–Crippen LogP) is 2.73. The third-order valence-corrected chi connectivity index (χ3v) is 3.70. The maximum Gasteiger partial charge on any atom is 0.228 e. The van der Waals surface area contributed by atoms with Gasteiger partial charge in [0.2, 0.25) is 5.91 Å². The van der Waals surface area contributed by atoms with Crippen LogP contribution >= 0.6 is 27.5 Å². The van der Waals surface area contributed by atoms with Crippen LogP contribution in [0.25, 0.3) is 0 Å². The SMILES string of the molecule is Cc1cc(N)c(N2CC(Br)CC2=O)cc1Cl. The number of nitrogens with two attached hydrogens (primary N) is 1. The van der Waals surface area contributed by atoms with Gasteiger partial charge in [0.15, 0.2) is 0 Å². The summed E-state index contributed by atoms with van der Waals surface area (Å²) in [4.78, 5) is 13.6. The fourth-order valence-electron chi connectivity index (χ4n) is 1.82. The summed E-state index contributed by atoms with van der Waals surface area (Å²) in [6, 6.07) is 3.56. The Morgan fingerprint density at radius 1 is 1.56 bits per heavy atom. The van der Waals surface area contributed by atoms with Crippen LogP contribution in [0.5, 0.6) is 0 Å². The van der Waals surface area contributed by atoms with Gasteiger partial charge in [-0.1, -0.05) is 27.5 Å². The maximum absolute atomic E-state index is 11.7. The number of rotatable bonds is 1. The number of nitrogen functional groups attached to an aromatic ring is 1. The molecule has 1 atom stereocenters. The zero-order chi connectivity index (χ0) is 11.9. The van der Waals surface area contributed by atoms with E-state index < -0.39 is 0 Å². The molecule has 1 aromatic rings. The predicted molar refractivity (Wildman–Crippen MR) is 70.3 cm³/mol. The average molecular weight is 304 g/mol. The van der Waals surface area contributed by atoms with Gasteiger partial charge in [-0.2, -0.15) is 0 Å². The van der Waals surface area contributed by atoms with E-state index in [1.54, 1.807) is 17.0 Å². The van der Waals surface area contributed by atoms with Gasteiger partial charge in [0, 0.05) is 22.8 Å². The molecule has 1 fully saturated rings. The Labute approximate surface area is 108 Å². The van der Waals surface area contributed by atoms with Crippen LogP contribution in [-0.4, -0.2) is 17.3 Å². The van der Waals surface area contributed by atoms with Crippen molar-refractivity contribution in [2.45, 2.75) is 18.2 Å². The highest BCUT2D eigenvalue weighted by atomic mass is 79.9. The molecule has 86 valence electrons. The lowest BCUT2D eigenvalue weighted by molar-refractivity contribution is -0.117. The standard InChI is InChI=1S/C11H12BrClN2O/c1-6-2-9(14)10(4-8(6)13)15-5-7(12)3-11(15)16/h2,4,7H,3,5,14H2,1H3. The topological polar surface area (TPSA) is 46.3 Å². The van der Waals surface area contributed by atoms with E-state index in [-0.39, 0.29) is 10.7 Å². The first kappa shape index (κ1) is 11.7. The highest BCUT2D eigenvalue weighted by Crippen LogP contribution is 2.33. The zero-order valence-electron chi connectivity index (χ0n) is 8.84. The quantitative estimate of drug-likeness (QED) is 0.640. The van der Waals surface area contributed by atoms with E-state index in [9.17, 15) is 4.79 Å². The zero-order valence-corrected chi connectivity index (χ0v) is 11.2. The summed E-state index contributed by atoms with van der Waals surface area (Å²) in [5.74, 6) is 0.0773. The van der Waals surface area contributed by atoms with Crippen molar-refractivity contribution in [2.24, 2.45) is 0 Å². The second-order valence-electron chi connectivity index (χ2n) is 3.97. The molecule has 1 aliphatic heterocycles. The molecule has 2 N–H and O–H groups in total. The molecule has 1 unspecified atom stereocenters. The largest absolute Gasteiger partial charge is 0.397 e. The minimum Gasteiger partial charge on any atom is -0.397 e. The number of benzene rings is 1. The highest BCUT2D eigenvalue weighted by molar-refractivity contribution is 9.09. The van der Waals surface area contributed by atoms with Crippen LogP contribution in [0.2, 0.25) is 5.02 Å². The molecule has 16 heavy (non-hydrogen) atoms. The molecule has 1 heterocycles. The van der Waals surface area contributed by atoms with Crippen molar-refractivity contribution < 1.29 is 4.79 Å². The highest BCUT2D eigenvalue weighted by Gasteiger charge is 2.30. The molecule has 0 aliphatic carbocycles. The first-order valence-electron chi connectivity index (χ1n) is 4.99. The van der Waals surface area contributed by atoms with Gasteiger partial charge in [-0.3, -0.25) is 4.79 Å². The normalized spacial score (nSPS) is 20.6. The van der Waals surface area contributed by atoms with Gasteiger partial charge in [-0.25, -0.2) is 0 Å². The van der Waals surface area contributed by atoms with Crippen LogP contribution < -0.4 is 10.6 Å². The summed E-state index contributed by atoms with van der Waals surface area (Å²) < 4.78 is 0. The van der Waals surface area contributed by atoms with E-state index in [4.69, 9.17) is 17.3 Å². The van der Waals surface area contributed by atoms with Crippen molar-refractivity contribution in [1.82, 2.24) is 0 Å². The number of carbonyl (C=O) groups excluding carboxylic acids is 1. The molecule has 1 aliphatic rings. The smallest absolute Gasteiger partial charge is 0.228 e. The minimum absolute atomic E-state index is 0.0773. The molecule has 0 radical (unpaired) electrons. The summed E-state index contributed by atoms with van der Waals surface area (Å²) in [6.07, 6.45) is 0.505. The molecule has 1 aromatic carbocycles. The van der Waals surface area contributed by atoms with Crippen LogP contribution in [0.3, 0.4) is 0 Å². The number of alkyl halides is 1. The van der Waals surface area contributed by atoms with Gasteiger partial charge in [0.05, 0.1) is 11.4 Å². The van der Waals surface area contributed by atoms with Crippen molar-refractivity contribution in [2.75, 3.05) is 17.2 Å². The number of aryl methyl sites for hydroxylation is 1. The van der Waals surface area contributed by atoms with Crippen molar-refractivity contribution in [3.8, 4) is 0 Å². The molecule has 2 rings (SSSR count). The monoisotopic (exact) mass is 302 g/mol. The van der Waals surface area contributed by atoms with Crippen LogP contribution in [0.4, 0.5) is 11.4 Å².